The summed E-state index contributed by atoms with van der Waals surface area (Å²) in [6, 6.07) is 8.05. The third kappa shape index (κ3) is 4.11. The Bertz CT molecular complexity index is 1010. The Hall–Kier alpha value is -3.01. The summed E-state index contributed by atoms with van der Waals surface area (Å²) in [5.74, 6) is 7.34. The van der Waals surface area contributed by atoms with Crippen molar-refractivity contribution in [1.82, 2.24) is 24.8 Å². The molecule has 0 aliphatic heterocycles. The lowest BCUT2D eigenvalue weighted by atomic mass is 9.96. The van der Waals surface area contributed by atoms with Crippen molar-refractivity contribution in [3.63, 3.8) is 0 Å². The summed E-state index contributed by atoms with van der Waals surface area (Å²) in [4.78, 5) is 19.5. The maximum atomic E-state index is 10.9. The molecule has 2 aromatic heterocycles. The summed E-state index contributed by atoms with van der Waals surface area (Å²) < 4.78 is 1.48. The highest BCUT2D eigenvalue weighted by molar-refractivity contribution is 7.99. The summed E-state index contributed by atoms with van der Waals surface area (Å²) in [5.41, 5.74) is 1.35. The van der Waals surface area contributed by atoms with Crippen molar-refractivity contribution in [2.75, 3.05) is 5.84 Å². The Morgan fingerprint density at radius 2 is 1.86 bits per heavy atom. The smallest absolute Gasteiger partial charge is 0.269 e. The van der Waals surface area contributed by atoms with E-state index in [-0.39, 0.29) is 11.1 Å². The van der Waals surface area contributed by atoms with Crippen LogP contribution in [-0.2, 0) is 11.8 Å². The van der Waals surface area contributed by atoms with Crippen LogP contribution in [0, 0.1) is 10.1 Å². The normalized spacial score (nSPS) is 11.6. The minimum atomic E-state index is -0.435. The van der Waals surface area contributed by atoms with E-state index in [2.05, 4.69) is 20.2 Å². The molecule has 0 aliphatic carbocycles. The van der Waals surface area contributed by atoms with Crippen molar-refractivity contribution in [1.29, 1.82) is 0 Å². The first-order valence-electron chi connectivity index (χ1n) is 8.70. The molecule has 0 atom stereocenters. The SMILES string of the molecule is CCc1cc(Sc2nnc(C(C)(C)C)n2N)nc(-c2ccc([N+](=O)[O-])cc2)n1. The van der Waals surface area contributed by atoms with Gasteiger partial charge in [-0.25, -0.2) is 14.6 Å². The topological polar surface area (TPSA) is 126 Å². The van der Waals surface area contributed by atoms with Gasteiger partial charge in [0, 0.05) is 28.8 Å². The number of nitro benzene ring substituents is 1. The number of hydrogen-bond donors (Lipinski definition) is 1. The third-order valence-corrected chi connectivity index (χ3v) is 4.86. The first-order chi connectivity index (χ1) is 13.2. The number of nitrogens with zero attached hydrogens (tertiary/aromatic N) is 6. The quantitative estimate of drug-likeness (QED) is 0.299. The van der Waals surface area contributed by atoms with Gasteiger partial charge in [-0.05, 0) is 36.4 Å². The highest BCUT2D eigenvalue weighted by Gasteiger charge is 2.23. The van der Waals surface area contributed by atoms with E-state index in [1.807, 2.05) is 33.8 Å². The largest absolute Gasteiger partial charge is 0.336 e. The van der Waals surface area contributed by atoms with Gasteiger partial charge in [-0.2, -0.15) is 0 Å². The van der Waals surface area contributed by atoms with Gasteiger partial charge < -0.3 is 5.84 Å². The lowest BCUT2D eigenvalue weighted by molar-refractivity contribution is -0.384. The van der Waals surface area contributed by atoms with Crippen molar-refractivity contribution in [3.8, 4) is 11.4 Å². The molecule has 0 saturated heterocycles. The lowest BCUT2D eigenvalue weighted by Crippen LogP contribution is -2.24. The van der Waals surface area contributed by atoms with Crippen LogP contribution in [0.15, 0.2) is 40.5 Å². The Morgan fingerprint density at radius 3 is 2.39 bits per heavy atom. The van der Waals surface area contributed by atoms with Gasteiger partial charge in [0.25, 0.3) is 5.69 Å². The van der Waals surface area contributed by atoms with Crippen LogP contribution >= 0.6 is 11.8 Å². The summed E-state index contributed by atoms with van der Waals surface area (Å²) in [6.07, 6.45) is 0.721. The summed E-state index contributed by atoms with van der Waals surface area (Å²) >= 11 is 1.30. The van der Waals surface area contributed by atoms with E-state index in [0.717, 1.165) is 12.1 Å². The highest BCUT2D eigenvalue weighted by Crippen LogP contribution is 2.29. The molecule has 0 aliphatic rings. The number of hydrogen-bond acceptors (Lipinski definition) is 8. The first kappa shape index (κ1) is 19.7. The van der Waals surface area contributed by atoms with Gasteiger partial charge in [0.2, 0.25) is 5.16 Å². The molecule has 0 fully saturated rings. The summed E-state index contributed by atoms with van der Waals surface area (Å²) in [5, 5.41) is 20.4. The van der Waals surface area contributed by atoms with Crippen molar-refractivity contribution in [2.24, 2.45) is 0 Å². The molecule has 0 bridgehead atoms. The predicted molar refractivity (Wildman–Crippen MR) is 106 cm³/mol. The fourth-order valence-electron chi connectivity index (χ4n) is 2.52. The molecule has 2 N–H and O–H groups in total. The molecule has 0 radical (unpaired) electrons. The van der Waals surface area contributed by atoms with E-state index in [4.69, 9.17) is 5.84 Å². The molecular formula is C18H21N7O2S. The molecule has 0 amide bonds. The highest BCUT2D eigenvalue weighted by atomic mass is 32.2. The van der Waals surface area contributed by atoms with Crippen molar-refractivity contribution < 1.29 is 4.92 Å². The number of aryl methyl sites for hydroxylation is 1. The van der Waals surface area contributed by atoms with Gasteiger partial charge in [-0.1, -0.05) is 27.7 Å². The van der Waals surface area contributed by atoms with E-state index in [9.17, 15) is 10.1 Å². The van der Waals surface area contributed by atoms with Crippen molar-refractivity contribution in [3.05, 3.63) is 52.0 Å². The maximum Gasteiger partial charge on any atom is 0.269 e. The van der Waals surface area contributed by atoms with Crippen LogP contribution in [-0.4, -0.2) is 29.8 Å². The molecule has 0 saturated carbocycles. The van der Waals surface area contributed by atoms with Gasteiger partial charge in [0.1, 0.15) is 5.03 Å². The lowest BCUT2D eigenvalue weighted by Gasteiger charge is -2.16. The first-order valence-corrected chi connectivity index (χ1v) is 9.52. The van der Waals surface area contributed by atoms with Gasteiger partial charge in [0.15, 0.2) is 11.6 Å². The number of non-ortho nitro benzene ring substituents is 1. The average Bonchev–Trinajstić information content (AvgIpc) is 3.02. The van der Waals surface area contributed by atoms with Gasteiger partial charge >= 0.3 is 0 Å². The number of nitro groups is 1. The molecule has 3 aromatic rings. The standard InChI is InChI=1S/C18H21N7O2S/c1-5-12-10-14(28-17-23-22-16(24(17)19)18(2,3)4)21-15(20-12)11-6-8-13(9-7-11)25(26)27/h6-10H,5,19H2,1-4H3. The predicted octanol–water partition coefficient (Wildman–Crippen LogP) is 3.37. The van der Waals surface area contributed by atoms with E-state index < -0.39 is 4.92 Å². The number of rotatable bonds is 5. The Labute approximate surface area is 166 Å². The molecular weight excluding hydrogens is 378 g/mol. The van der Waals surface area contributed by atoms with Crippen LogP contribution in [0.5, 0.6) is 0 Å². The summed E-state index contributed by atoms with van der Waals surface area (Å²) in [7, 11) is 0. The number of benzene rings is 1. The fourth-order valence-corrected chi connectivity index (χ4v) is 3.30. The zero-order chi connectivity index (χ0) is 20.5. The number of nitrogens with two attached hydrogens (primary N) is 1. The zero-order valence-corrected chi connectivity index (χ0v) is 16.9. The van der Waals surface area contributed by atoms with Gasteiger partial charge in [0.05, 0.1) is 4.92 Å². The van der Waals surface area contributed by atoms with E-state index in [0.29, 0.717) is 27.4 Å². The van der Waals surface area contributed by atoms with Crippen LogP contribution in [0.4, 0.5) is 5.69 Å². The number of aromatic nitrogens is 5. The molecule has 3 rings (SSSR count). The molecule has 146 valence electrons. The molecule has 9 nitrogen and oxygen atoms in total. The van der Waals surface area contributed by atoms with Crippen LogP contribution in [0.1, 0.15) is 39.2 Å². The summed E-state index contributed by atoms with van der Waals surface area (Å²) in [6.45, 7) is 8.05. The Kier molecular flexibility index (Phi) is 5.32. The minimum Gasteiger partial charge on any atom is -0.336 e. The number of nitrogen functional groups attached to an aromatic ring is 1. The molecule has 10 heteroatoms. The molecule has 2 heterocycles. The van der Waals surface area contributed by atoms with Crippen LogP contribution in [0.3, 0.4) is 0 Å². The second-order valence-corrected chi connectivity index (χ2v) is 8.19. The van der Waals surface area contributed by atoms with Gasteiger partial charge in [-0.15, -0.1) is 10.2 Å². The molecule has 1 aromatic carbocycles. The molecule has 28 heavy (non-hydrogen) atoms. The molecule has 0 unspecified atom stereocenters. The van der Waals surface area contributed by atoms with E-state index >= 15 is 0 Å². The monoisotopic (exact) mass is 399 g/mol. The fraction of sp³-hybridized carbons (Fsp3) is 0.333. The van der Waals surface area contributed by atoms with Crippen LogP contribution < -0.4 is 5.84 Å². The van der Waals surface area contributed by atoms with Crippen LogP contribution in [0.2, 0.25) is 0 Å². The van der Waals surface area contributed by atoms with Crippen LogP contribution in [0.25, 0.3) is 11.4 Å². The second kappa shape index (κ2) is 7.55. The van der Waals surface area contributed by atoms with E-state index in [1.54, 1.807) is 12.1 Å². The minimum absolute atomic E-state index is 0.0240. The van der Waals surface area contributed by atoms with Crippen molar-refractivity contribution >= 4 is 17.4 Å². The second-order valence-electron chi connectivity index (χ2n) is 7.21. The van der Waals surface area contributed by atoms with E-state index in [1.165, 1.54) is 28.6 Å². The zero-order valence-electron chi connectivity index (χ0n) is 16.1. The van der Waals surface area contributed by atoms with Crippen molar-refractivity contribution in [2.45, 2.75) is 49.7 Å². The van der Waals surface area contributed by atoms with Gasteiger partial charge in [-0.3, -0.25) is 10.1 Å². The average molecular weight is 399 g/mol. The maximum absolute atomic E-state index is 10.9. The Morgan fingerprint density at radius 1 is 1.18 bits per heavy atom. The molecule has 0 spiro atoms. The Balaban J connectivity index is 1.96. The third-order valence-electron chi connectivity index (χ3n) is 3.99.